The predicted octanol–water partition coefficient (Wildman–Crippen LogP) is 1.93. The number of carbonyl (C=O) groups is 2. The monoisotopic (exact) mass is 385 g/mol. The van der Waals surface area contributed by atoms with Crippen molar-refractivity contribution in [1.29, 1.82) is 0 Å². The lowest BCUT2D eigenvalue weighted by molar-refractivity contribution is -0.129. The summed E-state index contributed by atoms with van der Waals surface area (Å²) in [7, 11) is 0. The van der Waals surface area contributed by atoms with Crippen LogP contribution in [0.4, 0.5) is 0 Å². The number of fused-ring (bicyclic) bond motifs is 1. The molecule has 0 saturated carbocycles. The van der Waals surface area contributed by atoms with Gasteiger partial charge in [-0.1, -0.05) is 5.16 Å². The van der Waals surface area contributed by atoms with Crippen LogP contribution in [0, 0.1) is 34.6 Å². The van der Waals surface area contributed by atoms with Gasteiger partial charge in [0, 0.05) is 25.2 Å². The Kier molecular flexibility index (Phi) is 4.51. The minimum Gasteiger partial charge on any atom is -0.361 e. The predicted molar refractivity (Wildman–Crippen MR) is 102 cm³/mol. The molecular weight excluding hydrogens is 358 g/mol. The molecule has 0 unspecified atom stereocenters. The van der Waals surface area contributed by atoms with E-state index in [1.54, 1.807) is 13.8 Å². The zero-order chi connectivity index (χ0) is 20.2. The van der Waals surface area contributed by atoms with Crippen molar-refractivity contribution in [2.24, 2.45) is 0 Å². The summed E-state index contributed by atoms with van der Waals surface area (Å²) < 4.78 is 7.13. The number of aryl methyl sites for hydroxylation is 3. The number of likely N-dealkylation sites (tertiary alicyclic amines) is 2. The first-order chi connectivity index (χ1) is 13.3. The highest BCUT2D eigenvalue weighted by Gasteiger charge is 2.48. The van der Waals surface area contributed by atoms with E-state index >= 15 is 0 Å². The number of hydrogen-bond acceptors (Lipinski definition) is 5. The first kappa shape index (κ1) is 18.7. The topological polar surface area (TPSA) is 84.5 Å². The maximum Gasteiger partial charge on any atom is 0.259 e. The Morgan fingerprint density at radius 2 is 1.86 bits per heavy atom. The number of nitrogens with zero attached hydrogens (tertiary/aromatic N) is 5. The molecule has 2 amide bonds. The van der Waals surface area contributed by atoms with Gasteiger partial charge >= 0.3 is 0 Å². The summed E-state index contributed by atoms with van der Waals surface area (Å²) in [6, 6.07) is 0.00544. The van der Waals surface area contributed by atoms with Gasteiger partial charge < -0.3 is 14.3 Å². The van der Waals surface area contributed by atoms with Crippen LogP contribution in [0.3, 0.4) is 0 Å². The quantitative estimate of drug-likeness (QED) is 0.803. The lowest BCUT2D eigenvalue weighted by Crippen LogP contribution is -2.41. The molecule has 150 valence electrons. The van der Waals surface area contributed by atoms with Gasteiger partial charge in [0.1, 0.15) is 11.3 Å². The van der Waals surface area contributed by atoms with E-state index in [1.807, 2.05) is 21.4 Å². The van der Waals surface area contributed by atoms with Crippen LogP contribution < -0.4 is 0 Å². The van der Waals surface area contributed by atoms with E-state index < -0.39 is 0 Å². The van der Waals surface area contributed by atoms with Gasteiger partial charge in [-0.25, -0.2) is 0 Å². The number of amides is 2. The van der Waals surface area contributed by atoms with Crippen molar-refractivity contribution in [1.82, 2.24) is 24.7 Å². The summed E-state index contributed by atoms with van der Waals surface area (Å²) >= 11 is 0. The van der Waals surface area contributed by atoms with Crippen molar-refractivity contribution in [3.63, 3.8) is 0 Å². The Morgan fingerprint density at radius 3 is 2.46 bits per heavy atom. The van der Waals surface area contributed by atoms with Gasteiger partial charge in [0.15, 0.2) is 0 Å². The summed E-state index contributed by atoms with van der Waals surface area (Å²) in [4.78, 5) is 29.5. The Balaban J connectivity index is 1.48. The Hall–Kier alpha value is -2.64. The summed E-state index contributed by atoms with van der Waals surface area (Å²) in [6.07, 6.45) is 1.19. The fraction of sp³-hybridized carbons (Fsp3) is 0.600. The zero-order valence-electron chi connectivity index (χ0n) is 17.2. The molecule has 28 heavy (non-hydrogen) atoms. The third-order valence-corrected chi connectivity index (χ3v) is 6.42. The van der Waals surface area contributed by atoms with Crippen molar-refractivity contribution in [2.75, 3.05) is 13.1 Å². The van der Waals surface area contributed by atoms with Crippen LogP contribution in [0.25, 0.3) is 0 Å². The number of aromatic nitrogens is 3. The normalized spacial score (nSPS) is 21.7. The molecule has 8 heteroatoms. The molecule has 2 aromatic rings. The largest absolute Gasteiger partial charge is 0.361 e. The van der Waals surface area contributed by atoms with Gasteiger partial charge in [0.25, 0.3) is 5.91 Å². The standard InChI is InChI=1S/C20H27N5O3/c1-11-12(2)21-25(14(11)4)9-8-23-16-6-7-24(17(16)10-18(23)26)20(27)19-13(3)22-28-15(19)5/h16-17H,6-10H2,1-5H3/t16-,17-/m0/s1. The molecule has 0 spiro atoms. The van der Waals surface area contributed by atoms with Crippen LogP contribution >= 0.6 is 0 Å². The molecule has 0 N–H and O–H groups in total. The third-order valence-electron chi connectivity index (χ3n) is 6.42. The van der Waals surface area contributed by atoms with Gasteiger partial charge in [-0.2, -0.15) is 5.10 Å². The van der Waals surface area contributed by atoms with Gasteiger partial charge in [0.05, 0.1) is 30.0 Å². The second-order valence-corrected chi connectivity index (χ2v) is 7.93. The second kappa shape index (κ2) is 6.76. The minimum absolute atomic E-state index is 0.0732. The Morgan fingerprint density at radius 1 is 1.11 bits per heavy atom. The van der Waals surface area contributed by atoms with Crippen LogP contribution in [0.1, 0.15) is 51.6 Å². The van der Waals surface area contributed by atoms with Gasteiger partial charge in [-0.05, 0) is 46.6 Å². The Bertz CT molecular complexity index is 925. The van der Waals surface area contributed by atoms with Gasteiger partial charge in [-0.3, -0.25) is 14.3 Å². The molecule has 2 aliphatic rings. The van der Waals surface area contributed by atoms with Crippen molar-refractivity contribution >= 4 is 11.8 Å². The molecule has 2 atom stereocenters. The lowest BCUT2D eigenvalue weighted by Gasteiger charge is -2.25. The van der Waals surface area contributed by atoms with Crippen LogP contribution in [0.2, 0.25) is 0 Å². The smallest absolute Gasteiger partial charge is 0.259 e. The van der Waals surface area contributed by atoms with E-state index in [-0.39, 0.29) is 23.9 Å². The van der Waals surface area contributed by atoms with Crippen LogP contribution in [0.15, 0.2) is 4.52 Å². The van der Waals surface area contributed by atoms with Crippen LogP contribution in [0.5, 0.6) is 0 Å². The minimum atomic E-state index is -0.0763. The maximum absolute atomic E-state index is 13.1. The highest BCUT2D eigenvalue weighted by atomic mass is 16.5. The van der Waals surface area contributed by atoms with E-state index in [2.05, 4.69) is 24.1 Å². The van der Waals surface area contributed by atoms with E-state index in [1.165, 1.54) is 5.56 Å². The molecule has 2 aromatic heterocycles. The highest BCUT2D eigenvalue weighted by Crippen LogP contribution is 2.34. The molecule has 8 nitrogen and oxygen atoms in total. The van der Waals surface area contributed by atoms with Crippen molar-refractivity contribution in [2.45, 2.75) is 66.1 Å². The molecule has 2 fully saturated rings. The summed E-state index contributed by atoms with van der Waals surface area (Å²) in [6.45, 7) is 11.6. The molecule has 0 bridgehead atoms. The van der Waals surface area contributed by atoms with Crippen molar-refractivity contribution in [3.8, 4) is 0 Å². The van der Waals surface area contributed by atoms with Crippen molar-refractivity contribution < 1.29 is 14.1 Å². The third kappa shape index (κ3) is 2.82. The van der Waals surface area contributed by atoms with Crippen molar-refractivity contribution in [3.05, 3.63) is 34.0 Å². The van der Waals surface area contributed by atoms with Crippen LogP contribution in [-0.4, -0.2) is 61.7 Å². The summed E-state index contributed by atoms with van der Waals surface area (Å²) in [5, 5.41) is 8.47. The van der Waals surface area contributed by atoms with E-state index in [0.717, 1.165) is 17.8 Å². The zero-order valence-corrected chi connectivity index (χ0v) is 17.2. The SMILES string of the molecule is Cc1nn(CCN2C(=O)C[C@H]3[C@@H]2CCN3C(=O)c2c(C)noc2C)c(C)c1C. The second-order valence-electron chi connectivity index (χ2n) is 7.93. The van der Waals surface area contributed by atoms with E-state index in [9.17, 15) is 9.59 Å². The summed E-state index contributed by atoms with van der Waals surface area (Å²) in [5.41, 5.74) is 4.50. The maximum atomic E-state index is 13.1. The average Bonchev–Trinajstić information content (AvgIpc) is 3.35. The molecule has 0 aliphatic carbocycles. The first-order valence-corrected chi connectivity index (χ1v) is 9.83. The number of rotatable bonds is 4. The number of hydrogen-bond donors (Lipinski definition) is 0. The molecule has 0 aromatic carbocycles. The highest BCUT2D eigenvalue weighted by molar-refractivity contribution is 5.97. The lowest BCUT2D eigenvalue weighted by atomic mass is 10.1. The van der Waals surface area contributed by atoms with E-state index in [0.29, 0.717) is 43.1 Å². The molecule has 4 heterocycles. The fourth-order valence-corrected chi connectivity index (χ4v) is 4.61. The molecule has 0 radical (unpaired) electrons. The van der Waals surface area contributed by atoms with E-state index in [4.69, 9.17) is 4.52 Å². The van der Waals surface area contributed by atoms with Crippen LogP contribution in [-0.2, 0) is 11.3 Å². The van der Waals surface area contributed by atoms with Gasteiger partial charge in [-0.15, -0.1) is 0 Å². The molecule has 2 aliphatic heterocycles. The molecule has 2 saturated heterocycles. The Labute approximate surface area is 164 Å². The first-order valence-electron chi connectivity index (χ1n) is 9.83. The molecule has 4 rings (SSSR count). The fourth-order valence-electron chi connectivity index (χ4n) is 4.61. The molecular formula is C20H27N5O3. The van der Waals surface area contributed by atoms with Gasteiger partial charge in [0.2, 0.25) is 5.91 Å². The number of carbonyl (C=O) groups excluding carboxylic acids is 2. The average molecular weight is 385 g/mol. The summed E-state index contributed by atoms with van der Waals surface area (Å²) in [5.74, 6) is 0.573.